The maximum atomic E-state index is 13.9. The molecule has 0 radical (unpaired) electrons. The number of hydrogen-bond acceptors (Lipinski definition) is 2. The van der Waals surface area contributed by atoms with Crippen molar-refractivity contribution in [3.63, 3.8) is 0 Å². The number of para-hydroxylation sites is 1. The molecular weight excluding hydrogens is 362 g/mol. The second-order valence-corrected chi connectivity index (χ2v) is 6.76. The van der Waals surface area contributed by atoms with Gasteiger partial charge in [-0.25, -0.2) is 8.78 Å². The number of rotatable bonds is 5. The van der Waals surface area contributed by atoms with Crippen LogP contribution in [0, 0.1) is 17.6 Å². The minimum Gasteiger partial charge on any atom is -0.339 e. The number of anilines is 1. The minimum atomic E-state index is -0.871. The van der Waals surface area contributed by atoms with Gasteiger partial charge in [-0.2, -0.15) is 0 Å². The third-order valence-electron chi connectivity index (χ3n) is 4.94. The molecule has 146 valence electrons. The van der Waals surface area contributed by atoms with Crippen LogP contribution < -0.4 is 4.90 Å². The highest BCUT2D eigenvalue weighted by atomic mass is 19.1. The van der Waals surface area contributed by atoms with E-state index in [0.717, 1.165) is 17.8 Å². The van der Waals surface area contributed by atoms with E-state index in [-0.39, 0.29) is 17.4 Å². The molecule has 0 aromatic heterocycles. The fourth-order valence-corrected chi connectivity index (χ4v) is 3.44. The Labute approximate surface area is 163 Å². The van der Waals surface area contributed by atoms with E-state index >= 15 is 0 Å². The van der Waals surface area contributed by atoms with Crippen molar-refractivity contribution in [2.45, 2.75) is 12.8 Å². The maximum Gasteiger partial charge on any atom is 0.256 e. The Kier molecular flexibility index (Phi) is 6.19. The first-order valence-corrected chi connectivity index (χ1v) is 9.23. The lowest BCUT2D eigenvalue weighted by atomic mass is 9.94. The summed E-state index contributed by atoms with van der Waals surface area (Å²) in [5, 5.41) is 0. The molecule has 0 spiro atoms. The summed E-state index contributed by atoms with van der Waals surface area (Å²) in [6, 6.07) is 12.3. The molecule has 4 nitrogen and oxygen atoms in total. The zero-order valence-electron chi connectivity index (χ0n) is 15.5. The van der Waals surface area contributed by atoms with Gasteiger partial charge in [0, 0.05) is 37.3 Å². The van der Waals surface area contributed by atoms with E-state index in [2.05, 4.69) is 6.58 Å². The average Bonchev–Trinajstić information content (AvgIpc) is 2.72. The number of carbonyl (C=O) groups is 2. The molecule has 3 rings (SSSR count). The molecule has 2 aromatic rings. The van der Waals surface area contributed by atoms with E-state index in [0.29, 0.717) is 38.5 Å². The molecule has 0 saturated carbocycles. The predicted octanol–water partition coefficient (Wildman–Crippen LogP) is 4.04. The summed E-state index contributed by atoms with van der Waals surface area (Å²) in [5.41, 5.74) is 0.656. The van der Waals surface area contributed by atoms with Crippen molar-refractivity contribution < 1.29 is 18.4 Å². The quantitative estimate of drug-likeness (QED) is 0.730. The van der Waals surface area contributed by atoms with Gasteiger partial charge in [0.2, 0.25) is 5.91 Å². The number of halogens is 2. The first-order valence-electron chi connectivity index (χ1n) is 9.23. The van der Waals surface area contributed by atoms with Gasteiger partial charge in [-0.3, -0.25) is 9.59 Å². The average molecular weight is 384 g/mol. The summed E-state index contributed by atoms with van der Waals surface area (Å²) in [7, 11) is 0. The van der Waals surface area contributed by atoms with E-state index in [1.807, 2.05) is 30.3 Å². The first-order chi connectivity index (χ1) is 13.5. The first kappa shape index (κ1) is 19.7. The molecule has 1 heterocycles. The van der Waals surface area contributed by atoms with E-state index < -0.39 is 17.5 Å². The molecule has 1 fully saturated rings. The zero-order valence-corrected chi connectivity index (χ0v) is 15.5. The molecule has 28 heavy (non-hydrogen) atoms. The van der Waals surface area contributed by atoms with Crippen LogP contribution in [0.5, 0.6) is 0 Å². The smallest absolute Gasteiger partial charge is 0.256 e. The molecule has 1 aliphatic rings. The lowest BCUT2D eigenvalue weighted by Crippen LogP contribution is -2.44. The molecule has 0 atom stereocenters. The van der Waals surface area contributed by atoms with Gasteiger partial charge in [0.1, 0.15) is 11.6 Å². The van der Waals surface area contributed by atoms with Crippen LogP contribution in [-0.4, -0.2) is 36.3 Å². The predicted molar refractivity (Wildman–Crippen MR) is 104 cm³/mol. The van der Waals surface area contributed by atoms with Crippen LogP contribution >= 0.6 is 0 Å². The zero-order chi connectivity index (χ0) is 20.1. The van der Waals surface area contributed by atoms with E-state index in [9.17, 15) is 18.4 Å². The number of nitrogens with zero attached hydrogens (tertiary/aromatic N) is 2. The SMILES string of the molecule is C=CCN(C(=O)C1CCN(C(=O)c2ccc(F)cc2F)CC1)c1ccccc1. The second kappa shape index (κ2) is 8.78. The molecule has 0 bridgehead atoms. The van der Waals surface area contributed by atoms with Crippen molar-refractivity contribution in [2.75, 3.05) is 24.5 Å². The van der Waals surface area contributed by atoms with Gasteiger partial charge in [0.05, 0.1) is 5.56 Å². The largest absolute Gasteiger partial charge is 0.339 e. The molecule has 2 amide bonds. The number of likely N-dealkylation sites (tertiary alicyclic amines) is 1. The third-order valence-corrected chi connectivity index (χ3v) is 4.94. The van der Waals surface area contributed by atoms with Gasteiger partial charge in [0.25, 0.3) is 5.91 Å². The van der Waals surface area contributed by atoms with Crippen LogP contribution in [0.2, 0.25) is 0 Å². The molecule has 2 aromatic carbocycles. The Morgan fingerprint density at radius 3 is 2.39 bits per heavy atom. The standard InChI is InChI=1S/C22H22F2N2O2/c1-2-12-26(18-6-4-3-5-7-18)21(27)16-10-13-25(14-11-16)22(28)19-9-8-17(23)15-20(19)24/h2-9,15-16H,1,10-14H2. The molecule has 0 aliphatic carbocycles. The number of amides is 2. The van der Waals surface area contributed by atoms with Gasteiger partial charge >= 0.3 is 0 Å². The Bertz CT molecular complexity index is 862. The minimum absolute atomic E-state index is 0.00818. The van der Waals surface area contributed by atoms with Gasteiger partial charge in [-0.05, 0) is 37.1 Å². The van der Waals surface area contributed by atoms with Crippen LogP contribution in [0.1, 0.15) is 23.2 Å². The van der Waals surface area contributed by atoms with Crippen molar-refractivity contribution in [3.05, 3.63) is 78.4 Å². The molecule has 0 unspecified atom stereocenters. The van der Waals surface area contributed by atoms with Gasteiger partial charge in [-0.15, -0.1) is 6.58 Å². The monoisotopic (exact) mass is 384 g/mol. The Balaban J connectivity index is 1.66. The van der Waals surface area contributed by atoms with Crippen molar-refractivity contribution >= 4 is 17.5 Å². The topological polar surface area (TPSA) is 40.6 Å². The van der Waals surface area contributed by atoms with Crippen LogP contribution in [0.15, 0.2) is 61.2 Å². The van der Waals surface area contributed by atoms with E-state index in [1.54, 1.807) is 11.0 Å². The summed E-state index contributed by atoms with van der Waals surface area (Å²) in [6.07, 6.45) is 2.67. The van der Waals surface area contributed by atoms with Crippen molar-refractivity contribution in [1.29, 1.82) is 0 Å². The van der Waals surface area contributed by atoms with Crippen molar-refractivity contribution in [1.82, 2.24) is 4.90 Å². The van der Waals surface area contributed by atoms with Crippen LogP contribution in [-0.2, 0) is 4.79 Å². The summed E-state index contributed by atoms with van der Waals surface area (Å²) in [6.45, 7) is 4.83. The number of benzene rings is 2. The van der Waals surface area contributed by atoms with Crippen LogP contribution in [0.3, 0.4) is 0 Å². The van der Waals surface area contributed by atoms with E-state index in [4.69, 9.17) is 0 Å². The van der Waals surface area contributed by atoms with Crippen molar-refractivity contribution in [3.8, 4) is 0 Å². The highest BCUT2D eigenvalue weighted by Gasteiger charge is 2.31. The molecular formula is C22H22F2N2O2. The Hall–Kier alpha value is -3.02. The van der Waals surface area contributed by atoms with E-state index in [1.165, 1.54) is 4.90 Å². The lowest BCUT2D eigenvalue weighted by Gasteiger charge is -2.34. The summed E-state index contributed by atoms with van der Waals surface area (Å²) >= 11 is 0. The van der Waals surface area contributed by atoms with Crippen LogP contribution in [0.4, 0.5) is 14.5 Å². The van der Waals surface area contributed by atoms with Gasteiger partial charge in [-0.1, -0.05) is 24.3 Å². The Morgan fingerprint density at radius 2 is 1.79 bits per heavy atom. The summed E-state index contributed by atoms with van der Waals surface area (Å²) < 4.78 is 26.9. The lowest BCUT2D eigenvalue weighted by molar-refractivity contribution is -0.123. The Morgan fingerprint density at radius 1 is 1.11 bits per heavy atom. The van der Waals surface area contributed by atoms with Crippen molar-refractivity contribution in [2.24, 2.45) is 5.92 Å². The number of piperidine rings is 1. The van der Waals surface area contributed by atoms with Crippen LogP contribution in [0.25, 0.3) is 0 Å². The molecule has 0 N–H and O–H groups in total. The normalized spacial score (nSPS) is 14.6. The number of carbonyl (C=O) groups excluding carboxylic acids is 2. The highest BCUT2D eigenvalue weighted by molar-refractivity contribution is 5.96. The van der Waals surface area contributed by atoms with Gasteiger partial charge in [0.15, 0.2) is 0 Å². The maximum absolute atomic E-state index is 13.9. The molecule has 1 saturated heterocycles. The third kappa shape index (κ3) is 4.27. The highest BCUT2D eigenvalue weighted by Crippen LogP contribution is 2.25. The summed E-state index contributed by atoms with van der Waals surface area (Å²) in [4.78, 5) is 28.7. The number of hydrogen-bond donors (Lipinski definition) is 0. The molecule has 6 heteroatoms. The fraction of sp³-hybridized carbons (Fsp3) is 0.273. The second-order valence-electron chi connectivity index (χ2n) is 6.76. The fourth-order valence-electron chi connectivity index (χ4n) is 3.44. The van der Waals surface area contributed by atoms with Gasteiger partial charge < -0.3 is 9.80 Å². The summed E-state index contributed by atoms with van der Waals surface area (Å²) in [5.74, 6) is -2.30. The molecule has 1 aliphatic heterocycles.